The van der Waals surface area contributed by atoms with Crippen molar-refractivity contribution in [2.24, 2.45) is 12.8 Å². The summed E-state index contributed by atoms with van der Waals surface area (Å²) in [6, 6.07) is 0. The van der Waals surface area contributed by atoms with Crippen molar-refractivity contribution in [3.8, 4) is 0 Å². The van der Waals surface area contributed by atoms with Crippen LogP contribution in [-0.4, -0.2) is 22.3 Å². The first-order valence-corrected chi connectivity index (χ1v) is 6.58. The molecule has 1 heterocycles. The molecule has 0 atom stereocenters. The Morgan fingerprint density at radius 3 is 2.76 bits per heavy atom. The number of thiazole rings is 1. The van der Waals surface area contributed by atoms with E-state index in [-0.39, 0.29) is 10.8 Å². The van der Waals surface area contributed by atoms with E-state index in [1.807, 2.05) is 0 Å². The standard InChI is InChI=1S/C9H12ClN3O2S2/c1-13-8(12-5(14)3-2-4-10)6(7(11)15)17-9(13)16/h2-4H2,1H3,(H2,11,15)(H,12,14). The summed E-state index contributed by atoms with van der Waals surface area (Å²) in [6.07, 6.45) is 0.873. The topological polar surface area (TPSA) is 77.1 Å². The first-order chi connectivity index (χ1) is 7.97. The van der Waals surface area contributed by atoms with Gasteiger partial charge in [-0.3, -0.25) is 9.59 Å². The fraction of sp³-hybridized carbons (Fsp3) is 0.444. The highest BCUT2D eigenvalue weighted by molar-refractivity contribution is 7.73. The number of hydrogen-bond acceptors (Lipinski definition) is 4. The molecule has 5 nitrogen and oxygen atoms in total. The molecule has 3 N–H and O–H groups in total. The minimum Gasteiger partial charge on any atom is -0.365 e. The van der Waals surface area contributed by atoms with Crippen LogP contribution in [-0.2, 0) is 11.8 Å². The Morgan fingerprint density at radius 1 is 1.59 bits per heavy atom. The van der Waals surface area contributed by atoms with Gasteiger partial charge < -0.3 is 15.6 Å². The summed E-state index contributed by atoms with van der Waals surface area (Å²) in [7, 11) is 1.67. The zero-order valence-electron chi connectivity index (χ0n) is 9.16. The zero-order chi connectivity index (χ0) is 13.0. The fourth-order valence-corrected chi connectivity index (χ4v) is 2.44. The summed E-state index contributed by atoms with van der Waals surface area (Å²) >= 11 is 11.6. The quantitative estimate of drug-likeness (QED) is 0.643. The molecule has 0 saturated heterocycles. The largest absolute Gasteiger partial charge is 0.365 e. The number of alkyl halides is 1. The van der Waals surface area contributed by atoms with Crippen molar-refractivity contribution in [2.75, 3.05) is 11.2 Å². The maximum Gasteiger partial charge on any atom is 0.262 e. The van der Waals surface area contributed by atoms with Crippen LogP contribution in [0.3, 0.4) is 0 Å². The van der Waals surface area contributed by atoms with Gasteiger partial charge in [-0.25, -0.2) is 0 Å². The highest BCUT2D eigenvalue weighted by Crippen LogP contribution is 2.23. The summed E-state index contributed by atoms with van der Waals surface area (Å²) in [5, 5.41) is 2.62. The van der Waals surface area contributed by atoms with E-state index in [9.17, 15) is 9.59 Å². The van der Waals surface area contributed by atoms with Gasteiger partial charge in [0.2, 0.25) is 5.91 Å². The van der Waals surface area contributed by atoms with Crippen LogP contribution in [0.5, 0.6) is 0 Å². The molecule has 1 aromatic heterocycles. The molecule has 0 aliphatic carbocycles. The van der Waals surface area contributed by atoms with E-state index in [1.54, 1.807) is 11.6 Å². The minimum absolute atomic E-state index is 0.212. The van der Waals surface area contributed by atoms with Gasteiger partial charge in [-0.15, -0.1) is 11.6 Å². The lowest BCUT2D eigenvalue weighted by Crippen LogP contribution is -2.18. The molecule has 0 aliphatic heterocycles. The number of nitrogens with zero attached hydrogens (tertiary/aromatic N) is 1. The average molecular weight is 294 g/mol. The number of hydrogen-bond donors (Lipinski definition) is 2. The third kappa shape index (κ3) is 3.52. The third-order valence-corrected chi connectivity index (χ3v) is 3.87. The number of aromatic nitrogens is 1. The van der Waals surface area contributed by atoms with Crippen molar-refractivity contribution in [3.63, 3.8) is 0 Å². The van der Waals surface area contributed by atoms with Crippen molar-refractivity contribution >= 4 is 52.8 Å². The SMILES string of the molecule is Cn1c(NC(=O)CCCCl)c(C(N)=O)sc1=S. The number of primary amides is 1. The summed E-state index contributed by atoms with van der Waals surface area (Å²) in [6.45, 7) is 0. The minimum atomic E-state index is -0.602. The van der Waals surface area contributed by atoms with E-state index in [0.717, 1.165) is 11.3 Å². The normalized spacial score (nSPS) is 10.2. The summed E-state index contributed by atoms with van der Waals surface area (Å²) < 4.78 is 2.03. The van der Waals surface area contributed by atoms with Crippen molar-refractivity contribution < 1.29 is 9.59 Å². The number of anilines is 1. The van der Waals surface area contributed by atoms with Crippen LogP contribution in [0.2, 0.25) is 0 Å². The van der Waals surface area contributed by atoms with Crippen LogP contribution in [0.4, 0.5) is 5.82 Å². The molecule has 0 fully saturated rings. The van der Waals surface area contributed by atoms with Crippen LogP contribution in [0, 0.1) is 3.95 Å². The molecule has 94 valence electrons. The lowest BCUT2D eigenvalue weighted by molar-refractivity contribution is -0.116. The number of carbonyl (C=O) groups is 2. The van der Waals surface area contributed by atoms with Crippen LogP contribution < -0.4 is 11.1 Å². The molecule has 0 saturated carbocycles. The van der Waals surface area contributed by atoms with Crippen LogP contribution in [0.25, 0.3) is 0 Å². The number of rotatable bonds is 5. The smallest absolute Gasteiger partial charge is 0.262 e. The van der Waals surface area contributed by atoms with Gasteiger partial charge in [-0.2, -0.15) is 0 Å². The van der Waals surface area contributed by atoms with Gasteiger partial charge in [0.1, 0.15) is 10.7 Å². The zero-order valence-corrected chi connectivity index (χ0v) is 11.5. The Hall–Kier alpha value is -0.920. The van der Waals surface area contributed by atoms with Gasteiger partial charge in [-0.05, 0) is 18.6 Å². The number of nitrogens with two attached hydrogens (primary N) is 1. The van der Waals surface area contributed by atoms with Crippen LogP contribution >= 0.6 is 35.2 Å². The van der Waals surface area contributed by atoms with Crippen molar-refractivity contribution in [3.05, 3.63) is 8.83 Å². The summed E-state index contributed by atoms with van der Waals surface area (Å²) in [4.78, 5) is 23.0. The molecule has 0 aromatic carbocycles. The van der Waals surface area contributed by atoms with E-state index in [0.29, 0.717) is 28.5 Å². The molecule has 1 rings (SSSR count). The van der Waals surface area contributed by atoms with E-state index in [4.69, 9.17) is 29.6 Å². The monoisotopic (exact) mass is 293 g/mol. The molecule has 0 aliphatic rings. The predicted molar refractivity (Wildman–Crippen MR) is 71.2 cm³/mol. The first kappa shape index (κ1) is 14.1. The van der Waals surface area contributed by atoms with Gasteiger partial charge in [0.15, 0.2) is 3.95 Å². The van der Waals surface area contributed by atoms with Crippen LogP contribution in [0.15, 0.2) is 0 Å². The third-order valence-electron chi connectivity index (χ3n) is 2.03. The highest BCUT2D eigenvalue weighted by atomic mass is 35.5. The Balaban J connectivity index is 2.93. The van der Waals surface area contributed by atoms with E-state index < -0.39 is 5.91 Å². The summed E-state index contributed by atoms with van der Waals surface area (Å²) in [5.74, 6) is -0.0454. The molecule has 0 unspecified atom stereocenters. The van der Waals surface area contributed by atoms with E-state index >= 15 is 0 Å². The molecule has 1 aromatic rings. The maximum atomic E-state index is 11.5. The second-order valence-corrected chi connectivity index (χ2v) is 5.33. The second kappa shape index (κ2) is 6.13. The highest BCUT2D eigenvalue weighted by Gasteiger charge is 2.17. The van der Waals surface area contributed by atoms with Crippen LogP contribution in [0.1, 0.15) is 22.5 Å². The lowest BCUT2D eigenvalue weighted by Gasteiger charge is -2.06. The Bertz CT molecular complexity index is 495. The van der Waals surface area contributed by atoms with Gasteiger partial charge in [0.05, 0.1) is 0 Å². The molecule has 17 heavy (non-hydrogen) atoms. The first-order valence-electron chi connectivity index (χ1n) is 4.82. The van der Waals surface area contributed by atoms with Crippen molar-refractivity contribution in [1.29, 1.82) is 0 Å². The maximum absolute atomic E-state index is 11.5. The average Bonchev–Trinajstić information content (AvgIpc) is 2.54. The van der Waals surface area contributed by atoms with Crippen molar-refractivity contribution in [2.45, 2.75) is 12.8 Å². The number of amides is 2. The number of nitrogens with one attached hydrogen (secondary N) is 1. The molecule has 0 bridgehead atoms. The predicted octanol–water partition coefficient (Wildman–Crippen LogP) is 1.87. The van der Waals surface area contributed by atoms with Gasteiger partial charge in [-0.1, -0.05) is 11.3 Å². The fourth-order valence-electron chi connectivity index (χ4n) is 1.18. The van der Waals surface area contributed by atoms with E-state index in [1.165, 1.54) is 0 Å². The van der Waals surface area contributed by atoms with Gasteiger partial charge >= 0.3 is 0 Å². The molecule has 2 amide bonds. The lowest BCUT2D eigenvalue weighted by atomic mass is 10.3. The summed E-state index contributed by atoms with van der Waals surface area (Å²) in [5.41, 5.74) is 5.21. The Kier molecular flexibility index (Phi) is 5.10. The van der Waals surface area contributed by atoms with E-state index in [2.05, 4.69) is 5.32 Å². The Morgan fingerprint density at radius 2 is 2.24 bits per heavy atom. The number of carbonyl (C=O) groups excluding carboxylic acids is 2. The molecule has 0 spiro atoms. The molecule has 8 heteroatoms. The van der Waals surface area contributed by atoms with Gasteiger partial charge in [0, 0.05) is 19.3 Å². The Labute approximate surface area is 113 Å². The molecule has 0 radical (unpaired) electrons. The van der Waals surface area contributed by atoms with Gasteiger partial charge in [0.25, 0.3) is 5.91 Å². The number of halogens is 1. The van der Waals surface area contributed by atoms with Crippen molar-refractivity contribution in [1.82, 2.24) is 4.57 Å². The molecular weight excluding hydrogens is 282 g/mol. The second-order valence-electron chi connectivity index (χ2n) is 3.31. The molecular formula is C9H12ClN3O2S2.